The molecular weight excluding hydrogens is 190 g/mol. The van der Waals surface area contributed by atoms with Crippen molar-refractivity contribution in [2.75, 3.05) is 6.54 Å². The van der Waals surface area contributed by atoms with Gasteiger partial charge in [-0.1, -0.05) is 13.0 Å². The number of aromatic nitrogens is 1. The Morgan fingerprint density at radius 1 is 1.53 bits per heavy atom. The van der Waals surface area contributed by atoms with Crippen LogP contribution in [0.15, 0.2) is 29.5 Å². The quantitative estimate of drug-likeness (QED) is 0.690. The van der Waals surface area contributed by atoms with Crippen molar-refractivity contribution in [1.82, 2.24) is 9.99 Å². The lowest BCUT2D eigenvalue weighted by Crippen LogP contribution is -2.22. The maximum absolute atomic E-state index is 11.2. The second kappa shape index (κ2) is 3.81. The molecule has 0 N–H and O–H groups in total. The molecule has 2 rings (SSSR count). The Bertz CT molecular complexity index is 400. The fourth-order valence-corrected chi connectivity index (χ4v) is 1.63. The topological polar surface area (TPSA) is 45.6 Å². The van der Waals surface area contributed by atoms with Crippen molar-refractivity contribution >= 4 is 11.6 Å². The summed E-state index contributed by atoms with van der Waals surface area (Å²) in [7, 11) is 0. The molecule has 4 heteroatoms. The summed E-state index contributed by atoms with van der Waals surface area (Å²) in [6, 6.07) is 5.71. The molecule has 15 heavy (non-hydrogen) atoms. The van der Waals surface area contributed by atoms with Crippen LogP contribution in [0.3, 0.4) is 0 Å². The third-order valence-corrected chi connectivity index (χ3v) is 2.43. The Balaban J connectivity index is 2.30. The third-order valence-electron chi connectivity index (χ3n) is 2.43. The van der Waals surface area contributed by atoms with E-state index in [1.807, 2.05) is 18.2 Å². The molecule has 0 saturated heterocycles. The minimum Gasteiger partial charge on any atom is -0.273 e. The molecule has 1 amide bonds. The molecule has 78 valence electrons. The molecular formula is C11H13N3O. The Labute approximate surface area is 88.6 Å². The van der Waals surface area contributed by atoms with Crippen molar-refractivity contribution < 1.29 is 4.79 Å². The minimum atomic E-state index is -0.0206. The molecule has 0 bridgehead atoms. The summed E-state index contributed by atoms with van der Waals surface area (Å²) in [5.41, 5.74) is 1.75. The lowest BCUT2D eigenvalue weighted by molar-refractivity contribution is -0.128. The fourth-order valence-electron chi connectivity index (χ4n) is 1.63. The normalized spacial score (nSPS) is 20.3. The van der Waals surface area contributed by atoms with Gasteiger partial charge in [-0.2, -0.15) is 5.10 Å². The first kappa shape index (κ1) is 9.83. The lowest BCUT2D eigenvalue weighted by Gasteiger charge is -2.07. The molecule has 0 aliphatic carbocycles. The van der Waals surface area contributed by atoms with Crippen molar-refractivity contribution in [3.63, 3.8) is 0 Å². The number of pyridine rings is 1. The zero-order valence-electron chi connectivity index (χ0n) is 8.84. The second-order valence-corrected chi connectivity index (χ2v) is 3.70. The van der Waals surface area contributed by atoms with Gasteiger partial charge >= 0.3 is 0 Å². The standard InChI is InChI=1S/C11H13N3O/c1-8-7-14(9(2)15)13-11(8)10-5-3-4-6-12-10/h3-6,8H,7H2,1-2H3/t8-/m1/s1. The second-order valence-electron chi connectivity index (χ2n) is 3.70. The monoisotopic (exact) mass is 203 g/mol. The van der Waals surface area contributed by atoms with Crippen LogP contribution >= 0.6 is 0 Å². The van der Waals surface area contributed by atoms with E-state index in [9.17, 15) is 4.79 Å². The molecule has 1 aliphatic rings. The number of hydrazone groups is 1. The number of amides is 1. The van der Waals surface area contributed by atoms with Crippen molar-refractivity contribution in [3.05, 3.63) is 30.1 Å². The molecule has 4 nitrogen and oxygen atoms in total. The highest BCUT2D eigenvalue weighted by atomic mass is 16.2. The van der Waals surface area contributed by atoms with Crippen LogP contribution in [0.25, 0.3) is 0 Å². The molecule has 0 saturated carbocycles. The number of hydrogen-bond acceptors (Lipinski definition) is 3. The first-order chi connectivity index (χ1) is 7.18. The van der Waals surface area contributed by atoms with Crippen LogP contribution in [0.4, 0.5) is 0 Å². The highest BCUT2D eigenvalue weighted by Crippen LogP contribution is 2.17. The number of nitrogens with zero attached hydrogens (tertiary/aromatic N) is 3. The molecule has 1 atom stereocenters. The lowest BCUT2D eigenvalue weighted by atomic mass is 10.0. The van der Waals surface area contributed by atoms with Crippen LogP contribution in [0, 0.1) is 5.92 Å². The summed E-state index contributed by atoms with van der Waals surface area (Å²) >= 11 is 0. The zero-order valence-corrected chi connectivity index (χ0v) is 8.84. The van der Waals surface area contributed by atoms with E-state index in [0.29, 0.717) is 6.54 Å². The molecule has 0 fully saturated rings. The Kier molecular flexibility index (Phi) is 2.49. The summed E-state index contributed by atoms with van der Waals surface area (Å²) < 4.78 is 0. The molecule has 1 aliphatic heterocycles. The van der Waals surface area contributed by atoms with E-state index in [2.05, 4.69) is 17.0 Å². The largest absolute Gasteiger partial charge is 0.273 e. The smallest absolute Gasteiger partial charge is 0.239 e. The average molecular weight is 203 g/mol. The molecule has 1 aromatic rings. The van der Waals surface area contributed by atoms with Crippen LogP contribution in [-0.2, 0) is 4.79 Å². The van der Waals surface area contributed by atoms with Crippen LogP contribution in [0.1, 0.15) is 19.5 Å². The van der Waals surface area contributed by atoms with Gasteiger partial charge in [0.25, 0.3) is 0 Å². The predicted octanol–water partition coefficient (Wildman–Crippen LogP) is 1.28. The molecule has 2 heterocycles. The van der Waals surface area contributed by atoms with Gasteiger partial charge in [0.1, 0.15) is 0 Å². The Morgan fingerprint density at radius 2 is 2.33 bits per heavy atom. The van der Waals surface area contributed by atoms with Crippen LogP contribution < -0.4 is 0 Å². The van der Waals surface area contributed by atoms with Gasteiger partial charge in [0.05, 0.1) is 18.0 Å². The maximum Gasteiger partial charge on any atom is 0.239 e. The number of rotatable bonds is 1. The van der Waals surface area contributed by atoms with Gasteiger partial charge < -0.3 is 0 Å². The van der Waals surface area contributed by atoms with E-state index in [1.54, 1.807) is 6.20 Å². The van der Waals surface area contributed by atoms with E-state index in [0.717, 1.165) is 11.4 Å². The van der Waals surface area contributed by atoms with E-state index >= 15 is 0 Å². The van der Waals surface area contributed by atoms with Crippen molar-refractivity contribution in [3.8, 4) is 0 Å². The molecule has 0 radical (unpaired) electrons. The molecule has 0 aromatic carbocycles. The van der Waals surface area contributed by atoms with Gasteiger partial charge in [0, 0.05) is 19.0 Å². The fraction of sp³-hybridized carbons (Fsp3) is 0.364. The molecule has 1 aromatic heterocycles. The van der Waals surface area contributed by atoms with Gasteiger partial charge in [-0.3, -0.25) is 9.78 Å². The van der Waals surface area contributed by atoms with Gasteiger partial charge in [-0.25, -0.2) is 5.01 Å². The minimum absolute atomic E-state index is 0.0206. The molecule has 0 spiro atoms. The highest BCUT2D eigenvalue weighted by molar-refractivity contribution is 6.02. The SMILES string of the molecule is CC(=O)N1C[C@@H](C)C(c2ccccn2)=N1. The zero-order chi connectivity index (χ0) is 10.8. The highest BCUT2D eigenvalue weighted by Gasteiger charge is 2.26. The van der Waals surface area contributed by atoms with Gasteiger partial charge in [-0.05, 0) is 12.1 Å². The number of hydrogen-bond donors (Lipinski definition) is 0. The van der Waals surface area contributed by atoms with Crippen LogP contribution in [-0.4, -0.2) is 28.2 Å². The molecule has 0 unspecified atom stereocenters. The summed E-state index contributed by atoms with van der Waals surface area (Å²) in [4.78, 5) is 15.4. The van der Waals surface area contributed by atoms with E-state index in [-0.39, 0.29) is 11.8 Å². The number of carbonyl (C=O) groups is 1. The summed E-state index contributed by atoms with van der Waals surface area (Å²) in [6.07, 6.45) is 1.74. The summed E-state index contributed by atoms with van der Waals surface area (Å²) in [5.74, 6) is 0.233. The van der Waals surface area contributed by atoms with Crippen molar-refractivity contribution in [2.45, 2.75) is 13.8 Å². The Morgan fingerprint density at radius 3 is 2.87 bits per heavy atom. The predicted molar refractivity (Wildman–Crippen MR) is 57.3 cm³/mol. The van der Waals surface area contributed by atoms with Gasteiger partial charge in [0.15, 0.2) is 0 Å². The Hall–Kier alpha value is -1.71. The van der Waals surface area contributed by atoms with E-state index in [4.69, 9.17) is 0 Å². The van der Waals surface area contributed by atoms with Gasteiger partial charge in [0.2, 0.25) is 5.91 Å². The summed E-state index contributed by atoms with van der Waals surface area (Å²) in [5, 5.41) is 5.77. The first-order valence-electron chi connectivity index (χ1n) is 4.96. The van der Waals surface area contributed by atoms with E-state index < -0.39 is 0 Å². The third kappa shape index (κ3) is 1.88. The first-order valence-corrected chi connectivity index (χ1v) is 4.96. The van der Waals surface area contributed by atoms with Gasteiger partial charge in [-0.15, -0.1) is 0 Å². The van der Waals surface area contributed by atoms with Crippen molar-refractivity contribution in [2.24, 2.45) is 11.0 Å². The maximum atomic E-state index is 11.2. The van der Waals surface area contributed by atoms with E-state index in [1.165, 1.54) is 11.9 Å². The summed E-state index contributed by atoms with van der Waals surface area (Å²) in [6.45, 7) is 4.23. The average Bonchev–Trinajstić information content (AvgIpc) is 2.62. The van der Waals surface area contributed by atoms with Crippen LogP contribution in [0.5, 0.6) is 0 Å². The van der Waals surface area contributed by atoms with Crippen LogP contribution in [0.2, 0.25) is 0 Å². The van der Waals surface area contributed by atoms with Crippen molar-refractivity contribution in [1.29, 1.82) is 0 Å². The number of carbonyl (C=O) groups excluding carboxylic acids is 1.